The molecule has 1 saturated carbocycles. The number of hydrogen-bond acceptors (Lipinski definition) is 8. The zero-order valence-electron chi connectivity index (χ0n) is 14.0. The number of hydrogen-bond donors (Lipinski definition) is 2. The number of nitrogen functional groups attached to an aromatic ring is 1. The highest BCUT2D eigenvalue weighted by atomic mass is 16.5. The average Bonchev–Trinajstić information content (AvgIpc) is 2.80. The van der Waals surface area contributed by atoms with Gasteiger partial charge in [0, 0.05) is 31.5 Å². The maximum Gasteiger partial charge on any atom is 0.229 e. The molecular formula is C16H23N7O. The second kappa shape index (κ2) is 6.35. The van der Waals surface area contributed by atoms with Gasteiger partial charge in [0.05, 0.1) is 12.2 Å². The minimum atomic E-state index is 0.320. The van der Waals surface area contributed by atoms with E-state index in [2.05, 4.69) is 25.4 Å². The van der Waals surface area contributed by atoms with Crippen molar-refractivity contribution in [3.63, 3.8) is 0 Å². The molecule has 0 bridgehead atoms. The maximum absolute atomic E-state index is 5.92. The number of nitrogens with one attached hydrogen (secondary N) is 1. The lowest BCUT2D eigenvalue weighted by Crippen LogP contribution is -2.23. The van der Waals surface area contributed by atoms with Crippen molar-refractivity contribution in [3.05, 3.63) is 23.0 Å². The van der Waals surface area contributed by atoms with Crippen molar-refractivity contribution in [2.45, 2.75) is 44.6 Å². The van der Waals surface area contributed by atoms with E-state index in [0.29, 0.717) is 24.2 Å². The fourth-order valence-electron chi connectivity index (χ4n) is 3.30. The third-order valence-corrected chi connectivity index (χ3v) is 4.86. The zero-order valence-corrected chi connectivity index (χ0v) is 14.0. The predicted octanol–water partition coefficient (Wildman–Crippen LogP) is 1.03. The predicted molar refractivity (Wildman–Crippen MR) is 89.7 cm³/mol. The zero-order chi connectivity index (χ0) is 16.5. The van der Waals surface area contributed by atoms with Gasteiger partial charge in [-0.2, -0.15) is 9.97 Å². The summed E-state index contributed by atoms with van der Waals surface area (Å²) in [5.41, 5.74) is 8.12. The molecule has 0 radical (unpaired) electrons. The summed E-state index contributed by atoms with van der Waals surface area (Å²) in [6.45, 7) is 2.39. The van der Waals surface area contributed by atoms with Crippen LogP contribution in [0, 0.1) is 0 Å². The van der Waals surface area contributed by atoms with Gasteiger partial charge in [0.15, 0.2) is 5.82 Å². The first-order valence-corrected chi connectivity index (χ1v) is 8.60. The quantitative estimate of drug-likeness (QED) is 0.857. The van der Waals surface area contributed by atoms with E-state index in [9.17, 15) is 0 Å². The third-order valence-electron chi connectivity index (χ3n) is 4.86. The van der Waals surface area contributed by atoms with Gasteiger partial charge < -0.3 is 20.5 Å². The number of aromatic nitrogens is 4. The van der Waals surface area contributed by atoms with Crippen molar-refractivity contribution in [2.24, 2.45) is 0 Å². The lowest BCUT2D eigenvalue weighted by atomic mass is 9.85. The van der Waals surface area contributed by atoms with Gasteiger partial charge in [-0.25, -0.2) is 4.98 Å². The summed E-state index contributed by atoms with van der Waals surface area (Å²) in [4.78, 5) is 15.5. The Kier molecular flexibility index (Phi) is 4.05. The Morgan fingerprint density at radius 1 is 1.21 bits per heavy atom. The molecule has 0 amide bonds. The number of nitrogens with zero attached hydrogens (tertiary/aromatic N) is 5. The molecule has 8 nitrogen and oxygen atoms in total. The summed E-state index contributed by atoms with van der Waals surface area (Å²) in [7, 11) is 1.99. The topological polar surface area (TPSA) is 106 Å². The van der Waals surface area contributed by atoms with Crippen LogP contribution < -0.4 is 16.0 Å². The number of nitrogens with two attached hydrogens (primary N) is 1. The summed E-state index contributed by atoms with van der Waals surface area (Å²) < 4.78 is 5.41. The van der Waals surface area contributed by atoms with Crippen LogP contribution in [0.4, 0.5) is 11.8 Å². The van der Waals surface area contributed by atoms with Crippen molar-refractivity contribution >= 4 is 11.8 Å². The molecule has 8 heteroatoms. The van der Waals surface area contributed by atoms with Gasteiger partial charge in [0.25, 0.3) is 0 Å². The van der Waals surface area contributed by atoms with Crippen LogP contribution in [0.15, 0.2) is 4.52 Å². The first-order chi connectivity index (χ1) is 11.7. The van der Waals surface area contributed by atoms with E-state index >= 15 is 0 Å². The molecule has 0 saturated heterocycles. The average molecular weight is 329 g/mol. The van der Waals surface area contributed by atoms with Crippen molar-refractivity contribution in [3.8, 4) is 0 Å². The second-order valence-electron chi connectivity index (χ2n) is 6.61. The molecule has 3 heterocycles. The van der Waals surface area contributed by atoms with Crippen LogP contribution >= 0.6 is 0 Å². The van der Waals surface area contributed by atoms with E-state index in [0.717, 1.165) is 56.2 Å². The molecule has 2 aromatic heterocycles. The Bertz CT molecular complexity index is 725. The van der Waals surface area contributed by atoms with E-state index in [1.54, 1.807) is 0 Å². The molecular weight excluding hydrogens is 306 g/mol. The van der Waals surface area contributed by atoms with Crippen LogP contribution in [-0.4, -0.2) is 40.2 Å². The molecule has 0 spiro atoms. The third kappa shape index (κ3) is 2.93. The summed E-state index contributed by atoms with van der Waals surface area (Å²) in [5, 5.41) is 7.51. The smallest absolute Gasteiger partial charge is 0.229 e. The molecule has 2 aliphatic rings. The minimum absolute atomic E-state index is 0.320. The van der Waals surface area contributed by atoms with E-state index < -0.39 is 0 Å². The lowest BCUT2D eigenvalue weighted by Gasteiger charge is -2.21. The van der Waals surface area contributed by atoms with Crippen LogP contribution in [0.3, 0.4) is 0 Å². The van der Waals surface area contributed by atoms with Crippen molar-refractivity contribution < 1.29 is 4.52 Å². The second-order valence-corrected chi connectivity index (χ2v) is 6.61. The summed E-state index contributed by atoms with van der Waals surface area (Å²) in [5.74, 6) is 3.11. The molecule has 128 valence electrons. The summed E-state index contributed by atoms with van der Waals surface area (Å²) in [6.07, 6.45) is 5.33. The molecule has 3 N–H and O–H groups in total. The van der Waals surface area contributed by atoms with E-state index in [-0.39, 0.29) is 0 Å². The van der Waals surface area contributed by atoms with Gasteiger partial charge in [0.2, 0.25) is 11.8 Å². The highest BCUT2D eigenvalue weighted by Crippen LogP contribution is 2.35. The van der Waals surface area contributed by atoms with Gasteiger partial charge in [0.1, 0.15) is 5.82 Å². The van der Waals surface area contributed by atoms with Gasteiger partial charge in [-0.3, -0.25) is 0 Å². The molecule has 24 heavy (non-hydrogen) atoms. The molecule has 1 fully saturated rings. The van der Waals surface area contributed by atoms with E-state index in [1.165, 1.54) is 12.0 Å². The van der Waals surface area contributed by atoms with E-state index in [1.807, 2.05) is 11.9 Å². The highest BCUT2D eigenvalue weighted by molar-refractivity contribution is 5.52. The number of anilines is 2. The SMILES string of the molecule is CN(Cc1noc(C2CCC2)n1)c1nc(N)nc2c1CCNCC2. The lowest BCUT2D eigenvalue weighted by molar-refractivity contribution is 0.291. The highest BCUT2D eigenvalue weighted by Gasteiger charge is 2.26. The summed E-state index contributed by atoms with van der Waals surface area (Å²) in [6, 6.07) is 0. The van der Waals surface area contributed by atoms with Gasteiger partial charge in [-0.1, -0.05) is 11.6 Å². The molecule has 2 aromatic rings. The van der Waals surface area contributed by atoms with Crippen LogP contribution in [0.2, 0.25) is 0 Å². The summed E-state index contributed by atoms with van der Waals surface area (Å²) >= 11 is 0. The monoisotopic (exact) mass is 329 g/mol. The van der Waals surface area contributed by atoms with Gasteiger partial charge in [-0.05, 0) is 25.8 Å². The van der Waals surface area contributed by atoms with Crippen LogP contribution in [0.1, 0.15) is 48.2 Å². The Morgan fingerprint density at radius 3 is 2.83 bits per heavy atom. The molecule has 0 unspecified atom stereocenters. The first-order valence-electron chi connectivity index (χ1n) is 8.60. The maximum atomic E-state index is 5.92. The van der Waals surface area contributed by atoms with Crippen molar-refractivity contribution in [1.82, 2.24) is 25.4 Å². The molecule has 0 aromatic carbocycles. The largest absolute Gasteiger partial charge is 0.368 e. The molecule has 4 rings (SSSR count). The Labute approximate surface area is 140 Å². The van der Waals surface area contributed by atoms with Crippen molar-refractivity contribution in [1.29, 1.82) is 0 Å². The van der Waals surface area contributed by atoms with E-state index in [4.69, 9.17) is 10.3 Å². The van der Waals surface area contributed by atoms with Crippen molar-refractivity contribution in [2.75, 3.05) is 30.8 Å². The number of rotatable bonds is 4. The Balaban J connectivity index is 1.56. The van der Waals surface area contributed by atoms with Gasteiger partial charge >= 0.3 is 0 Å². The number of fused-ring (bicyclic) bond motifs is 1. The minimum Gasteiger partial charge on any atom is -0.368 e. The molecule has 1 aliphatic carbocycles. The fraction of sp³-hybridized carbons (Fsp3) is 0.625. The van der Waals surface area contributed by atoms with Crippen LogP contribution in [0.25, 0.3) is 0 Å². The van der Waals surface area contributed by atoms with Gasteiger partial charge in [-0.15, -0.1) is 0 Å². The Morgan fingerprint density at radius 2 is 2.04 bits per heavy atom. The standard InChI is InChI=1S/C16H23N7O/c1-23(9-13-20-15(24-22-13)10-3-2-4-10)14-11-5-7-18-8-6-12(11)19-16(17)21-14/h10,18H,2-9H2,1H3,(H2,17,19,21). The normalized spacial score (nSPS) is 17.9. The first kappa shape index (κ1) is 15.3. The van der Waals surface area contributed by atoms with Crippen LogP contribution in [0.5, 0.6) is 0 Å². The van der Waals surface area contributed by atoms with Crippen LogP contribution in [-0.2, 0) is 19.4 Å². The molecule has 1 aliphatic heterocycles. The fourth-order valence-corrected chi connectivity index (χ4v) is 3.30. The molecule has 0 atom stereocenters. The Hall–Kier alpha value is -2.22.